The van der Waals surface area contributed by atoms with Crippen LogP contribution in [-0.2, 0) is 23.9 Å². The summed E-state index contributed by atoms with van der Waals surface area (Å²) in [6.07, 6.45) is 4.74. The van der Waals surface area contributed by atoms with Crippen molar-refractivity contribution in [2.75, 3.05) is 6.61 Å². The highest BCUT2D eigenvalue weighted by atomic mass is 16.5. The number of imide groups is 1. The van der Waals surface area contributed by atoms with E-state index in [1.165, 1.54) is 6.92 Å². The second kappa shape index (κ2) is 7.74. The number of allylic oxidation sites excluding steroid dienone is 2. The van der Waals surface area contributed by atoms with Gasteiger partial charge in [0, 0.05) is 5.56 Å². The first kappa shape index (κ1) is 19.8. The number of hydrogen-bond acceptors (Lipinski definition) is 6. The van der Waals surface area contributed by atoms with Gasteiger partial charge in [-0.2, -0.15) is 0 Å². The standard InChI is InChI=1S/C21H21N3O6/c1-11(24-19(27)16-13-7-8-14(9-13)17(16)20(24)28)21(29)30-10-15(25)22-23-18(26)12-5-3-2-4-6-12/h2-8,11,13-14,16-17H,9-10H2,1H3,(H,22,25)(H,23,26)/t11-,13+,14+,16-,17+/m1/s1. The van der Waals surface area contributed by atoms with Crippen LogP contribution >= 0.6 is 0 Å². The quantitative estimate of drug-likeness (QED) is 0.309. The Labute approximate surface area is 172 Å². The van der Waals surface area contributed by atoms with E-state index in [4.69, 9.17) is 4.74 Å². The molecule has 2 N–H and O–H groups in total. The number of carbonyl (C=O) groups excluding carboxylic acids is 5. The van der Waals surface area contributed by atoms with Crippen LogP contribution in [0.3, 0.4) is 0 Å². The third-order valence-electron chi connectivity index (χ3n) is 5.93. The molecular weight excluding hydrogens is 390 g/mol. The summed E-state index contributed by atoms with van der Waals surface area (Å²) >= 11 is 0. The van der Waals surface area contributed by atoms with Gasteiger partial charge >= 0.3 is 5.97 Å². The Bertz CT molecular complexity index is 913. The van der Waals surface area contributed by atoms with Crippen LogP contribution in [0.1, 0.15) is 23.7 Å². The van der Waals surface area contributed by atoms with Gasteiger partial charge in [0.15, 0.2) is 6.61 Å². The predicted molar refractivity (Wildman–Crippen MR) is 102 cm³/mol. The Morgan fingerprint density at radius 2 is 1.63 bits per heavy atom. The number of amides is 4. The molecule has 1 aliphatic heterocycles. The Hall–Kier alpha value is -3.49. The van der Waals surface area contributed by atoms with Crippen molar-refractivity contribution in [2.45, 2.75) is 19.4 Å². The van der Waals surface area contributed by atoms with Crippen molar-refractivity contribution >= 4 is 29.6 Å². The Kier molecular flexibility index (Phi) is 5.11. The lowest BCUT2D eigenvalue weighted by molar-refractivity contribution is -0.160. The molecular formula is C21H21N3O6. The van der Waals surface area contributed by atoms with Crippen molar-refractivity contribution in [1.82, 2.24) is 15.8 Å². The summed E-state index contributed by atoms with van der Waals surface area (Å²) in [5.41, 5.74) is 4.70. The number of likely N-dealkylation sites (tertiary alicyclic amines) is 1. The molecule has 4 rings (SSSR count). The van der Waals surface area contributed by atoms with E-state index in [1.54, 1.807) is 30.3 Å². The average molecular weight is 411 g/mol. The lowest BCUT2D eigenvalue weighted by atomic mass is 9.85. The van der Waals surface area contributed by atoms with Gasteiger partial charge in [0.2, 0.25) is 11.8 Å². The van der Waals surface area contributed by atoms with E-state index in [2.05, 4.69) is 10.9 Å². The van der Waals surface area contributed by atoms with Crippen molar-refractivity contribution in [2.24, 2.45) is 23.7 Å². The highest BCUT2D eigenvalue weighted by molar-refractivity contribution is 6.09. The SMILES string of the molecule is C[C@H](C(=O)OCC(=O)NNC(=O)c1ccccc1)N1C(=O)[C@@H]2[C@H](C1=O)[C@H]1C=C[C@H]2C1. The molecule has 1 aromatic carbocycles. The van der Waals surface area contributed by atoms with Gasteiger partial charge in [0.05, 0.1) is 11.8 Å². The van der Waals surface area contributed by atoms with Crippen molar-refractivity contribution in [1.29, 1.82) is 0 Å². The van der Waals surface area contributed by atoms with Crippen LogP contribution in [0.4, 0.5) is 0 Å². The molecule has 9 nitrogen and oxygen atoms in total. The predicted octanol–water partition coefficient (Wildman–Crippen LogP) is 0.186. The van der Waals surface area contributed by atoms with Crippen LogP contribution in [-0.4, -0.2) is 47.1 Å². The number of esters is 1. The summed E-state index contributed by atoms with van der Waals surface area (Å²) in [4.78, 5) is 62.5. The summed E-state index contributed by atoms with van der Waals surface area (Å²) in [7, 11) is 0. The van der Waals surface area contributed by atoms with Crippen LogP contribution < -0.4 is 10.9 Å². The van der Waals surface area contributed by atoms with Gasteiger partial charge in [-0.1, -0.05) is 30.4 Å². The third kappa shape index (κ3) is 3.36. The van der Waals surface area contributed by atoms with Gasteiger partial charge in [-0.3, -0.25) is 34.9 Å². The van der Waals surface area contributed by atoms with Crippen molar-refractivity contribution < 1.29 is 28.7 Å². The van der Waals surface area contributed by atoms with Gasteiger partial charge in [-0.15, -0.1) is 0 Å². The molecule has 2 aliphatic carbocycles. The molecule has 0 unspecified atom stereocenters. The summed E-state index contributed by atoms with van der Waals surface area (Å²) in [6, 6.07) is 7.13. The number of fused-ring (bicyclic) bond motifs is 5. The van der Waals surface area contributed by atoms with E-state index in [0.29, 0.717) is 5.56 Å². The van der Waals surface area contributed by atoms with E-state index in [9.17, 15) is 24.0 Å². The minimum Gasteiger partial charge on any atom is -0.454 e. The normalized spacial score (nSPS) is 27.0. The second-order valence-corrected chi connectivity index (χ2v) is 7.70. The Balaban J connectivity index is 1.27. The molecule has 4 amide bonds. The molecule has 2 fully saturated rings. The maximum absolute atomic E-state index is 12.7. The smallest absolute Gasteiger partial charge is 0.329 e. The van der Waals surface area contributed by atoms with Gasteiger partial charge in [0.1, 0.15) is 6.04 Å². The fraction of sp³-hybridized carbons (Fsp3) is 0.381. The second-order valence-electron chi connectivity index (χ2n) is 7.70. The molecule has 3 aliphatic rings. The molecule has 5 atom stereocenters. The van der Waals surface area contributed by atoms with Crippen molar-refractivity contribution in [3.63, 3.8) is 0 Å². The van der Waals surface area contributed by atoms with Crippen LogP contribution in [0.5, 0.6) is 0 Å². The summed E-state index contributed by atoms with van der Waals surface area (Å²) < 4.78 is 4.94. The van der Waals surface area contributed by atoms with Gasteiger partial charge < -0.3 is 4.74 Å². The summed E-state index contributed by atoms with van der Waals surface area (Å²) in [5, 5.41) is 0. The number of nitrogens with one attached hydrogen (secondary N) is 2. The molecule has 1 saturated carbocycles. The lowest BCUT2D eigenvalue weighted by Gasteiger charge is -2.23. The molecule has 1 aromatic rings. The average Bonchev–Trinajstić information content (AvgIpc) is 3.44. The van der Waals surface area contributed by atoms with Gasteiger partial charge in [-0.05, 0) is 37.3 Å². The van der Waals surface area contributed by atoms with E-state index < -0.39 is 42.3 Å². The minimum absolute atomic E-state index is 0.0451. The first-order valence-electron chi connectivity index (χ1n) is 9.74. The first-order chi connectivity index (χ1) is 14.4. The largest absolute Gasteiger partial charge is 0.454 e. The number of hydrogen-bond donors (Lipinski definition) is 2. The van der Waals surface area contributed by atoms with Crippen molar-refractivity contribution in [3.8, 4) is 0 Å². The summed E-state index contributed by atoms with van der Waals surface area (Å²) in [5.74, 6) is -3.56. The van der Waals surface area contributed by atoms with Gasteiger partial charge in [0.25, 0.3) is 11.8 Å². The molecule has 0 spiro atoms. The molecule has 0 radical (unpaired) electrons. The van der Waals surface area contributed by atoms with Crippen LogP contribution in [0, 0.1) is 23.7 Å². The number of nitrogens with zero attached hydrogens (tertiary/aromatic N) is 1. The molecule has 2 bridgehead atoms. The summed E-state index contributed by atoms with van der Waals surface area (Å²) in [6.45, 7) is 0.748. The van der Waals surface area contributed by atoms with E-state index >= 15 is 0 Å². The monoisotopic (exact) mass is 411 g/mol. The van der Waals surface area contributed by atoms with E-state index in [1.807, 2.05) is 12.2 Å². The van der Waals surface area contributed by atoms with Crippen molar-refractivity contribution in [3.05, 3.63) is 48.0 Å². The number of ether oxygens (including phenoxy) is 1. The number of hydrazine groups is 1. The highest BCUT2D eigenvalue weighted by Gasteiger charge is 2.60. The van der Waals surface area contributed by atoms with Crippen LogP contribution in [0.25, 0.3) is 0 Å². The highest BCUT2D eigenvalue weighted by Crippen LogP contribution is 2.52. The van der Waals surface area contributed by atoms with Crippen LogP contribution in [0.15, 0.2) is 42.5 Å². The Morgan fingerprint density at radius 3 is 2.23 bits per heavy atom. The zero-order valence-electron chi connectivity index (χ0n) is 16.2. The molecule has 30 heavy (non-hydrogen) atoms. The maximum atomic E-state index is 12.7. The zero-order valence-corrected chi connectivity index (χ0v) is 16.2. The topological polar surface area (TPSA) is 122 Å². The minimum atomic E-state index is -1.12. The molecule has 9 heteroatoms. The fourth-order valence-electron chi connectivity index (χ4n) is 4.49. The molecule has 1 saturated heterocycles. The van der Waals surface area contributed by atoms with E-state index in [0.717, 1.165) is 11.3 Å². The Morgan fingerprint density at radius 1 is 1.03 bits per heavy atom. The maximum Gasteiger partial charge on any atom is 0.329 e. The zero-order chi connectivity index (χ0) is 21.4. The third-order valence-corrected chi connectivity index (χ3v) is 5.93. The first-order valence-corrected chi connectivity index (χ1v) is 9.74. The van der Waals surface area contributed by atoms with Gasteiger partial charge in [-0.25, -0.2) is 4.79 Å². The number of benzene rings is 1. The molecule has 0 aromatic heterocycles. The van der Waals surface area contributed by atoms with Crippen LogP contribution in [0.2, 0.25) is 0 Å². The van der Waals surface area contributed by atoms with E-state index in [-0.39, 0.29) is 23.7 Å². The molecule has 156 valence electrons. The number of rotatable bonds is 5. The number of carbonyl (C=O) groups is 5. The molecule has 1 heterocycles. The lowest BCUT2D eigenvalue weighted by Crippen LogP contribution is -2.47. The fourth-order valence-corrected chi connectivity index (χ4v) is 4.49.